The third kappa shape index (κ3) is 12.8. The maximum atomic E-state index is 10.8. The highest BCUT2D eigenvalue weighted by Crippen LogP contribution is 2.36. The van der Waals surface area contributed by atoms with Gasteiger partial charge in [0.25, 0.3) is 0 Å². The summed E-state index contributed by atoms with van der Waals surface area (Å²) in [5.41, 5.74) is 3.75. The first-order valence-corrected chi connectivity index (χ1v) is 15.0. The molecule has 2 aromatic rings. The first kappa shape index (κ1) is 35.8. The fourth-order valence-electron chi connectivity index (χ4n) is 4.02. The molecule has 0 bridgehead atoms. The second kappa shape index (κ2) is 19.0. The van der Waals surface area contributed by atoms with Crippen LogP contribution in [0.2, 0.25) is 0 Å². The Morgan fingerprint density at radius 1 is 0.953 bits per heavy atom. The molecule has 0 aliphatic carbocycles. The molecule has 0 saturated heterocycles. The van der Waals surface area contributed by atoms with Crippen LogP contribution in [0.3, 0.4) is 0 Å². The van der Waals surface area contributed by atoms with Crippen LogP contribution in [0, 0.1) is 36.5 Å². The Balaban J connectivity index is 1.61. The Bertz CT molecular complexity index is 1280. The third-order valence-corrected chi connectivity index (χ3v) is 7.62. The van der Waals surface area contributed by atoms with E-state index in [1.807, 2.05) is 33.2 Å². The summed E-state index contributed by atoms with van der Waals surface area (Å²) in [6.45, 7) is 11.9. The number of carboxylic acids is 1. The molecular formula is C30H43N6O6S+. The number of aliphatic carboxylic acids is 1. The van der Waals surface area contributed by atoms with E-state index in [-0.39, 0.29) is 6.54 Å². The number of hydrogen-bond donors (Lipinski definition) is 1. The van der Waals surface area contributed by atoms with Crippen LogP contribution in [-0.4, -0.2) is 109 Å². The van der Waals surface area contributed by atoms with Crippen LogP contribution < -0.4 is 4.90 Å². The number of benzene rings is 1. The van der Waals surface area contributed by atoms with Gasteiger partial charge in [-0.1, -0.05) is 0 Å². The van der Waals surface area contributed by atoms with Gasteiger partial charge in [0.1, 0.15) is 23.6 Å². The fraction of sp³-hybridized carbons (Fsp3) is 0.567. The molecule has 0 amide bonds. The number of azo groups is 1. The molecule has 0 saturated carbocycles. The minimum atomic E-state index is -0.820. The number of carboxylic acid groups (broad SMARTS) is 1. The summed E-state index contributed by atoms with van der Waals surface area (Å²) >= 11 is 1.17. The van der Waals surface area contributed by atoms with E-state index in [0.29, 0.717) is 90.6 Å². The number of nitrogens with zero attached hydrogens (tertiary/aromatic N) is 6. The normalized spacial score (nSPS) is 11.5. The van der Waals surface area contributed by atoms with E-state index in [2.05, 4.69) is 40.3 Å². The number of rotatable bonds is 21. The van der Waals surface area contributed by atoms with Crippen molar-refractivity contribution in [3.63, 3.8) is 0 Å². The molecule has 1 heterocycles. The lowest BCUT2D eigenvalue weighted by Gasteiger charge is -2.27. The van der Waals surface area contributed by atoms with Gasteiger partial charge in [-0.25, -0.2) is 4.79 Å². The number of ether oxygens (including phenoxy) is 4. The molecular weight excluding hydrogens is 572 g/mol. The van der Waals surface area contributed by atoms with Crippen molar-refractivity contribution in [2.75, 3.05) is 98.0 Å². The number of anilines is 1. The van der Waals surface area contributed by atoms with E-state index in [0.717, 1.165) is 24.3 Å². The lowest BCUT2D eigenvalue weighted by atomic mass is 10.1. The molecule has 0 unspecified atom stereocenters. The summed E-state index contributed by atoms with van der Waals surface area (Å²) < 4.78 is 22.7. The van der Waals surface area contributed by atoms with E-state index < -0.39 is 5.97 Å². The summed E-state index contributed by atoms with van der Waals surface area (Å²) in [5, 5.41) is 36.6. The van der Waals surface area contributed by atoms with Gasteiger partial charge < -0.3 is 33.4 Å². The molecule has 1 N–H and O–H groups in total. The van der Waals surface area contributed by atoms with Crippen molar-refractivity contribution < 1.29 is 33.3 Å². The summed E-state index contributed by atoms with van der Waals surface area (Å²) in [6.07, 6.45) is 0. The summed E-state index contributed by atoms with van der Waals surface area (Å²) in [5.74, 6) is -0.820. The third-order valence-electron chi connectivity index (χ3n) is 6.54. The van der Waals surface area contributed by atoms with Gasteiger partial charge in [0, 0.05) is 18.8 Å². The molecule has 12 nitrogen and oxygen atoms in total. The standard InChI is InChI=1S/C30H42N6O6S/c1-6-35(9-11-39-13-15-41-17-18-42-16-14-40-12-10-36(4,5)22-29(37)38)25-7-8-27(23(2)19-25)33-34-30-26(20-31)24(3)28(21-32)43-30/h7-8,19H,6,9-18,22H2,1-5H3/p+1. The minimum Gasteiger partial charge on any atom is -0.477 e. The van der Waals surface area contributed by atoms with E-state index in [1.165, 1.54) is 11.3 Å². The highest BCUT2D eigenvalue weighted by molar-refractivity contribution is 7.16. The molecule has 0 atom stereocenters. The second-order valence-electron chi connectivity index (χ2n) is 10.4. The van der Waals surface area contributed by atoms with Crippen molar-refractivity contribution >= 4 is 33.7 Å². The number of carbonyl (C=O) groups is 1. The molecule has 43 heavy (non-hydrogen) atoms. The molecule has 0 fully saturated rings. The van der Waals surface area contributed by atoms with Crippen molar-refractivity contribution in [2.24, 2.45) is 10.2 Å². The van der Waals surface area contributed by atoms with E-state index >= 15 is 0 Å². The van der Waals surface area contributed by atoms with Gasteiger partial charge in [-0.2, -0.15) is 10.5 Å². The molecule has 0 aliphatic heterocycles. The Kier molecular flexibility index (Phi) is 15.8. The van der Waals surface area contributed by atoms with Crippen LogP contribution in [-0.2, 0) is 23.7 Å². The maximum Gasteiger partial charge on any atom is 0.359 e. The summed E-state index contributed by atoms with van der Waals surface area (Å²) in [4.78, 5) is 13.5. The van der Waals surface area contributed by atoms with Crippen LogP contribution in [0.4, 0.5) is 16.4 Å². The number of likely N-dealkylation sites (N-methyl/N-ethyl adjacent to an activating group) is 2. The molecule has 234 valence electrons. The van der Waals surface area contributed by atoms with Gasteiger partial charge >= 0.3 is 5.97 Å². The molecule has 0 spiro atoms. The van der Waals surface area contributed by atoms with Crippen LogP contribution >= 0.6 is 11.3 Å². The van der Waals surface area contributed by atoms with Gasteiger partial charge in [-0.3, -0.25) is 0 Å². The predicted octanol–water partition coefficient (Wildman–Crippen LogP) is 4.58. The van der Waals surface area contributed by atoms with Gasteiger partial charge in [0.2, 0.25) is 0 Å². The topological polar surface area (TPSA) is 150 Å². The first-order valence-electron chi connectivity index (χ1n) is 14.2. The van der Waals surface area contributed by atoms with E-state index in [1.54, 1.807) is 6.92 Å². The average molecular weight is 616 g/mol. The lowest BCUT2D eigenvalue weighted by Crippen LogP contribution is -2.46. The summed E-state index contributed by atoms with van der Waals surface area (Å²) in [7, 11) is 3.72. The smallest absolute Gasteiger partial charge is 0.359 e. The summed E-state index contributed by atoms with van der Waals surface area (Å²) in [6, 6.07) is 10.2. The molecule has 1 aromatic heterocycles. The maximum absolute atomic E-state index is 10.8. The van der Waals surface area contributed by atoms with Gasteiger partial charge in [0.15, 0.2) is 11.5 Å². The van der Waals surface area contributed by atoms with Crippen LogP contribution in [0.1, 0.15) is 28.5 Å². The number of aryl methyl sites for hydroxylation is 1. The molecule has 13 heteroatoms. The minimum absolute atomic E-state index is 0.0656. The van der Waals surface area contributed by atoms with E-state index in [4.69, 9.17) is 24.1 Å². The van der Waals surface area contributed by atoms with Crippen molar-refractivity contribution in [3.05, 3.63) is 39.8 Å². The van der Waals surface area contributed by atoms with Crippen molar-refractivity contribution in [1.82, 2.24) is 0 Å². The Labute approximate surface area is 258 Å². The zero-order chi connectivity index (χ0) is 31.7. The van der Waals surface area contributed by atoms with Gasteiger partial charge in [0.05, 0.1) is 78.2 Å². The first-order chi connectivity index (χ1) is 20.6. The molecule has 2 rings (SSSR count). The number of nitriles is 2. The highest BCUT2D eigenvalue weighted by Gasteiger charge is 2.19. The second-order valence-corrected chi connectivity index (χ2v) is 11.4. The largest absolute Gasteiger partial charge is 0.477 e. The van der Waals surface area contributed by atoms with Gasteiger partial charge in [-0.05, 0) is 50.1 Å². The monoisotopic (exact) mass is 615 g/mol. The van der Waals surface area contributed by atoms with Crippen molar-refractivity contribution in [3.8, 4) is 12.1 Å². The quantitative estimate of drug-likeness (QED) is 0.121. The molecule has 0 radical (unpaired) electrons. The van der Waals surface area contributed by atoms with Crippen LogP contribution in [0.15, 0.2) is 28.4 Å². The molecule has 0 aliphatic rings. The Hall–Kier alpha value is -3.43. The fourth-order valence-corrected chi connectivity index (χ4v) is 4.89. The van der Waals surface area contributed by atoms with Crippen molar-refractivity contribution in [1.29, 1.82) is 10.5 Å². The lowest BCUT2D eigenvalue weighted by molar-refractivity contribution is -0.883. The zero-order valence-corrected chi connectivity index (χ0v) is 26.6. The van der Waals surface area contributed by atoms with Crippen LogP contribution in [0.5, 0.6) is 0 Å². The highest BCUT2D eigenvalue weighted by atomic mass is 32.1. The number of quaternary nitrogens is 1. The van der Waals surface area contributed by atoms with E-state index in [9.17, 15) is 15.3 Å². The Morgan fingerprint density at radius 2 is 1.56 bits per heavy atom. The predicted molar refractivity (Wildman–Crippen MR) is 164 cm³/mol. The van der Waals surface area contributed by atoms with Crippen LogP contribution in [0.25, 0.3) is 0 Å². The Morgan fingerprint density at radius 3 is 2.09 bits per heavy atom. The SMILES string of the molecule is CCN(CCOCCOCCOCCOCC[N+](C)(C)CC(=O)O)c1ccc(N=Nc2sc(C#N)c(C)c2C#N)c(C)c1. The molecule has 1 aromatic carbocycles. The van der Waals surface area contributed by atoms with Gasteiger partial charge in [-0.15, -0.1) is 21.6 Å². The zero-order valence-electron chi connectivity index (χ0n) is 25.8. The number of hydrogen-bond acceptors (Lipinski definition) is 11. The number of thiophene rings is 1. The van der Waals surface area contributed by atoms with Crippen molar-refractivity contribution in [2.45, 2.75) is 20.8 Å². The average Bonchev–Trinajstić information content (AvgIpc) is 3.27.